The molecule has 0 radical (unpaired) electrons. The Balaban J connectivity index is 1.70. The van der Waals surface area contributed by atoms with Gasteiger partial charge in [0.25, 0.3) is 5.91 Å². The largest absolute Gasteiger partial charge is 0.338 e. The highest BCUT2D eigenvalue weighted by atomic mass is 16.2. The fourth-order valence-electron chi connectivity index (χ4n) is 3.81. The van der Waals surface area contributed by atoms with Gasteiger partial charge in [-0.15, -0.1) is 0 Å². The Morgan fingerprint density at radius 3 is 2.61 bits per heavy atom. The van der Waals surface area contributed by atoms with Crippen molar-refractivity contribution in [2.75, 3.05) is 26.7 Å². The van der Waals surface area contributed by atoms with Gasteiger partial charge in [0.05, 0.1) is 11.3 Å². The summed E-state index contributed by atoms with van der Waals surface area (Å²) in [4.78, 5) is 15.3. The minimum Gasteiger partial charge on any atom is -0.338 e. The fourth-order valence-corrected chi connectivity index (χ4v) is 3.81. The molecule has 1 aromatic heterocycles. The van der Waals surface area contributed by atoms with E-state index in [0.29, 0.717) is 11.5 Å². The van der Waals surface area contributed by atoms with E-state index in [1.807, 2.05) is 65.3 Å². The molecule has 0 bridgehead atoms. The lowest BCUT2D eigenvalue weighted by molar-refractivity contribution is 0.0788. The van der Waals surface area contributed by atoms with Crippen molar-refractivity contribution in [2.24, 2.45) is 5.92 Å². The second-order valence-corrected chi connectivity index (χ2v) is 7.50. The molecule has 1 aliphatic rings. The van der Waals surface area contributed by atoms with Crippen LogP contribution in [0.4, 0.5) is 0 Å². The van der Waals surface area contributed by atoms with Crippen LogP contribution in [-0.4, -0.2) is 47.3 Å². The molecule has 5 nitrogen and oxygen atoms in total. The van der Waals surface area contributed by atoms with Gasteiger partial charge in [-0.05, 0) is 45.0 Å². The maximum absolute atomic E-state index is 13.3. The number of carbonyl (C=O) groups excluding carboxylic acids is 1. The molecule has 5 heteroatoms. The van der Waals surface area contributed by atoms with E-state index < -0.39 is 0 Å². The predicted molar refractivity (Wildman–Crippen MR) is 112 cm³/mol. The second-order valence-electron chi connectivity index (χ2n) is 7.50. The number of likely N-dealkylation sites (tertiary alicyclic amines) is 1. The first-order valence-corrected chi connectivity index (χ1v) is 9.81. The third-order valence-corrected chi connectivity index (χ3v) is 5.36. The molecule has 1 aliphatic heterocycles. The van der Waals surface area contributed by atoms with Gasteiger partial charge < -0.3 is 10.2 Å². The highest BCUT2D eigenvalue weighted by molar-refractivity contribution is 6.00. The first kappa shape index (κ1) is 18.4. The van der Waals surface area contributed by atoms with Crippen LogP contribution in [0.5, 0.6) is 0 Å². The van der Waals surface area contributed by atoms with Gasteiger partial charge in [-0.25, -0.2) is 4.68 Å². The van der Waals surface area contributed by atoms with Gasteiger partial charge in [0, 0.05) is 24.8 Å². The quantitative estimate of drug-likeness (QED) is 0.743. The molecule has 0 spiro atoms. The zero-order valence-corrected chi connectivity index (χ0v) is 16.4. The third kappa shape index (κ3) is 3.71. The minimum absolute atomic E-state index is 0.0656. The van der Waals surface area contributed by atoms with Crippen LogP contribution in [-0.2, 0) is 0 Å². The summed E-state index contributed by atoms with van der Waals surface area (Å²) < 4.78 is 1.82. The summed E-state index contributed by atoms with van der Waals surface area (Å²) in [5.41, 5.74) is 4.52. The van der Waals surface area contributed by atoms with Crippen molar-refractivity contribution in [3.05, 3.63) is 71.9 Å². The lowest BCUT2D eigenvalue weighted by atomic mass is 10.1. The van der Waals surface area contributed by atoms with E-state index in [4.69, 9.17) is 5.10 Å². The van der Waals surface area contributed by atoms with E-state index >= 15 is 0 Å². The Hall–Kier alpha value is -2.92. The predicted octanol–water partition coefficient (Wildman–Crippen LogP) is 3.53. The first-order valence-electron chi connectivity index (χ1n) is 9.81. The molecule has 28 heavy (non-hydrogen) atoms. The smallest absolute Gasteiger partial charge is 0.257 e. The number of aromatic nitrogens is 2. The van der Waals surface area contributed by atoms with E-state index in [9.17, 15) is 4.79 Å². The van der Waals surface area contributed by atoms with Gasteiger partial charge >= 0.3 is 0 Å². The molecule has 4 rings (SSSR count). The Labute approximate surface area is 166 Å². The lowest BCUT2D eigenvalue weighted by Crippen LogP contribution is -2.30. The van der Waals surface area contributed by atoms with E-state index in [0.717, 1.165) is 43.0 Å². The lowest BCUT2D eigenvalue weighted by Gasteiger charge is -2.16. The summed E-state index contributed by atoms with van der Waals surface area (Å²) >= 11 is 0. The molecule has 2 heterocycles. The molecule has 1 N–H and O–H groups in total. The normalized spacial score (nSPS) is 16.5. The molecule has 0 aliphatic carbocycles. The highest BCUT2D eigenvalue weighted by Crippen LogP contribution is 2.27. The van der Waals surface area contributed by atoms with Gasteiger partial charge in [-0.1, -0.05) is 48.0 Å². The number of hydrogen-bond donors (Lipinski definition) is 1. The number of aryl methyl sites for hydroxylation is 1. The van der Waals surface area contributed by atoms with Crippen LogP contribution < -0.4 is 5.32 Å². The van der Waals surface area contributed by atoms with E-state index in [1.165, 1.54) is 5.56 Å². The summed E-state index contributed by atoms with van der Waals surface area (Å²) in [5.74, 6) is 0.581. The van der Waals surface area contributed by atoms with Crippen molar-refractivity contribution in [2.45, 2.75) is 13.3 Å². The zero-order chi connectivity index (χ0) is 19.5. The van der Waals surface area contributed by atoms with Gasteiger partial charge in [-0.3, -0.25) is 4.79 Å². The number of benzene rings is 2. The van der Waals surface area contributed by atoms with Gasteiger partial charge in [0.2, 0.25) is 0 Å². The van der Waals surface area contributed by atoms with Crippen LogP contribution in [0.15, 0.2) is 60.8 Å². The topological polar surface area (TPSA) is 50.2 Å². The van der Waals surface area contributed by atoms with Crippen molar-refractivity contribution < 1.29 is 4.79 Å². The standard InChI is InChI=1S/C23H26N4O/c1-17-8-10-20(11-9-17)27-16-21(22(25-27)19-6-4-3-5-7-19)23(28)26-13-12-18(15-26)14-24-2/h3-11,16,18,24H,12-15H2,1-2H3. The van der Waals surface area contributed by atoms with E-state index in [2.05, 4.69) is 24.4 Å². The summed E-state index contributed by atoms with van der Waals surface area (Å²) in [5, 5.41) is 8.01. The van der Waals surface area contributed by atoms with Crippen molar-refractivity contribution in [3.63, 3.8) is 0 Å². The number of rotatable bonds is 5. The Morgan fingerprint density at radius 1 is 1.14 bits per heavy atom. The maximum Gasteiger partial charge on any atom is 0.257 e. The number of nitrogens with zero attached hydrogens (tertiary/aromatic N) is 3. The molecule has 1 amide bonds. The highest BCUT2D eigenvalue weighted by Gasteiger charge is 2.29. The van der Waals surface area contributed by atoms with Crippen molar-refractivity contribution in [3.8, 4) is 16.9 Å². The monoisotopic (exact) mass is 374 g/mol. The molecule has 0 saturated carbocycles. The minimum atomic E-state index is 0.0656. The fraction of sp³-hybridized carbons (Fsp3) is 0.304. The van der Waals surface area contributed by atoms with E-state index in [-0.39, 0.29) is 5.91 Å². The Morgan fingerprint density at radius 2 is 1.89 bits per heavy atom. The number of nitrogens with one attached hydrogen (secondary N) is 1. The van der Waals surface area contributed by atoms with Gasteiger partial charge in [-0.2, -0.15) is 5.10 Å². The molecule has 1 saturated heterocycles. The summed E-state index contributed by atoms with van der Waals surface area (Å²) in [6, 6.07) is 18.1. The van der Waals surface area contributed by atoms with Crippen LogP contribution in [0.1, 0.15) is 22.3 Å². The average molecular weight is 374 g/mol. The maximum atomic E-state index is 13.3. The number of carbonyl (C=O) groups is 1. The van der Waals surface area contributed by atoms with Gasteiger partial charge in [0.15, 0.2) is 0 Å². The van der Waals surface area contributed by atoms with Crippen molar-refractivity contribution in [1.82, 2.24) is 20.0 Å². The van der Waals surface area contributed by atoms with E-state index in [1.54, 1.807) is 0 Å². The third-order valence-electron chi connectivity index (χ3n) is 5.36. The van der Waals surface area contributed by atoms with Crippen molar-refractivity contribution >= 4 is 5.91 Å². The second kappa shape index (κ2) is 7.98. The molecule has 2 aromatic carbocycles. The Kier molecular flexibility index (Phi) is 5.26. The van der Waals surface area contributed by atoms with Crippen molar-refractivity contribution in [1.29, 1.82) is 0 Å². The molecular formula is C23H26N4O. The van der Waals surface area contributed by atoms with Crippen LogP contribution >= 0.6 is 0 Å². The Bertz CT molecular complexity index is 946. The summed E-state index contributed by atoms with van der Waals surface area (Å²) in [6.07, 6.45) is 2.92. The van der Waals surface area contributed by atoms with Crippen LogP contribution in [0.3, 0.4) is 0 Å². The molecule has 1 unspecified atom stereocenters. The molecular weight excluding hydrogens is 348 g/mol. The summed E-state index contributed by atoms with van der Waals surface area (Å²) in [6.45, 7) is 4.60. The first-order chi connectivity index (χ1) is 13.7. The molecule has 3 aromatic rings. The van der Waals surface area contributed by atoms with Crippen LogP contribution in [0, 0.1) is 12.8 Å². The van der Waals surface area contributed by atoms with Crippen LogP contribution in [0.25, 0.3) is 16.9 Å². The number of amides is 1. The summed E-state index contributed by atoms with van der Waals surface area (Å²) in [7, 11) is 1.96. The zero-order valence-electron chi connectivity index (χ0n) is 16.4. The SMILES string of the molecule is CNCC1CCN(C(=O)c2cn(-c3ccc(C)cc3)nc2-c2ccccc2)C1. The van der Waals surface area contributed by atoms with Crippen LogP contribution in [0.2, 0.25) is 0 Å². The molecule has 1 atom stereocenters. The number of hydrogen-bond acceptors (Lipinski definition) is 3. The molecule has 144 valence electrons. The van der Waals surface area contributed by atoms with Gasteiger partial charge in [0.1, 0.15) is 5.69 Å². The average Bonchev–Trinajstić information content (AvgIpc) is 3.37. The molecule has 1 fully saturated rings.